The average Bonchev–Trinajstić information content (AvgIpc) is 2.85. The van der Waals surface area contributed by atoms with Gasteiger partial charge in [0.25, 0.3) is 0 Å². The SMILES string of the molecule is CN(C)c1ccc2cc(C3N(C)c4ccccc4N3C)c(=O)oc2c1. The van der Waals surface area contributed by atoms with E-state index in [1.54, 1.807) is 0 Å². The second-order valence-corrected chi connectivity index (χ2v) is 6.69. The van der Waals surface area contributed by atoms with Gasteiger partial charge in [0.2, 0.25) is 0 Å². The second-order valence-electron chi connectivity index (χ2n) is 6.69. The highest BCUT2D eigenvalue weighted by atomic mass is 16.4. The summed E-state index contributed by atoms with van der Waals surface area (Å²) >= 11 is 0. The van der Waals surface area contributed by atoms with E-state index in [2.05, 4.69) is 21.9 Å². The molecule has 0 spiro atoms. The van der Waals surface area contributed by atoms with Crippen LogP contribution < -0.4 is 20.3 Å². The summed E-state index contributed by atoms with van der Waals surface area (Å²) in [6.07, 6.45) is -0.174. The van der Waals surface area contributed by atoms with Crippen LogP contribution in [0.1, 0.15) is 11.7 Å². The summed E-state index contributed by atoms with van der Waals surface area (Å²) in [7, 11) is 7.94. The van der Waals surface area contributed by atoms with Gasteiger partial charge in [-0.25, -0.2) is 4.79 Å². The molecule has 5 heteroatoms. The molecule has 0 fully saturated rings. The topological polar surface area (TPSA) is 39.9 Å². The molecule has 0 saturated carbocycles. The van der Waals surface area contributed by atoms with Gasteiger partial charge in [-0.3, -0.25) is 0 Å². The van der Waals surface area contributed by atoms with Crippen LogP contribution in [0, 0.1) is 0 Å². The standard InChI is InChI=1S/C20H21N3O2/c1-21(2)14-10-9-13-11-15(20(24)25-18(13)12-14)19-22(3)16-7-5-6-8-17(16)23(19)4/h5-12,19H,1-4H3. The Kier molecular flexibility index (Phi) is 3.46. The molecule has 1 aromatic heterocycles. The summed E-state index contributed by atoms with van der Waals surface area (Å²) in [6, 6.07) is 16.0. The summed E-state index contributed by atoms with van der Waals surface area (Å²) in [5.41, 5.74) is 4.19. The molecule has 2 aromatic carbocycles. The van der Waals surface area contributed by atoms with Gasteiger partial charge in [-0.2, -0.15) is 0 Å². The van der Waals surface area contributed by atoms with E-state index in [0.717, 1.165) is 22.4 Å². The fraction of sp³-hybridized carbons (Fsp3) is 0.250. The molecule has 3 aromatic rings. The molecule has 2 heterocycles. The summed E-state index contributed by atoms with van der Waals surface area (Å²) in [6.45, 7) is 0. The zero-order valence-electron chi connectivity index (χ0n) is 14.9. The Bertz CT molecular complexity index is 980. The zero-order chi connectivity index (χ0) is 17.7. The monoisotopic (exact) mass is 335 g/mol. The van der Waals surface area contributed by atoms with Crippen molar-refractivity contribution >= 4 is 28.0 Å². The summed E-state index contributed by atoms with van der Waals surface area (Å²) in [4.78, 5) is 18.9. The molecule has 1 aliphatic heterocycles. The number of anilines is 3. The molecule has 0 unspecified atom stereocenters. The number of benzene rings is 2. The van der Waals surface area contributed by atoms with Crippen LogP contribution >= 0.6 is 0 Å². The maximum Gasteiger partial charge on any atom is 0.343 e. The van der Waals surface area contributed by atoms with Crippen molar-refractivity contribution in [3.05, 3.63) is 64.5 Å². The number of para-hydroxylation sites is 2. The minimum atomic E-state index is -0.292. The van der Waals surface area contributed by atoms with Gasteiger partial charge in [0.1, 0.15) is 11.7 Å². The van der Waals surface area contributed by atoms with Crippen LogP contribution in [0.25, 0.3) is 11.0 Å². The third-order valence-electron chi connectivity index (χ3n) is 4.92. The maximum atomic E-state index is 12.7. The fourth-order valence-electron chi connectivity index (χ4n) is 3.58. The van der Waals surface area contributed by atoms with Gasteiger partial charge in [-0.1, -0.05) is 12.1 Å². The molecule has 25 heavy (non-hydrogen) atoms. The van der Waals surface area contributed by atoms with Gasteiger partial charge in [-0.05, 0) is 30.3 Å². The molecule has 0 aliphatic carbocycles. The number of nitrogens with zero attached hydrogens (tertiary/aromatic N) is 3. The van der Waals surface area contributed by atoms with Crippen molar-refractivity contribution in [2.75, 3.05) is 42.9 Å². The van der Waals surface area contributed by atoms with E-state index < -0.39 is 0 Å². The highest BCUT2D eigenvalue weighted by Gasteiger charge is 2.34. The third-order valence-corrected chi connectivity index (χ3v) is 4.92. The Morgan fingerprint density at radius 1 is 0.960 bits per heavy atom. The minimum Gasteiger partial charge on any atom is -0.422 e. The largest absolute Gasteiger partial charge is 0.422 e. The van der Waals surface area contributed by atoms with Crippen molar-refractivity contribution in [3.8, 4) is 0 Å². The predicted molar refractivity (Wildman–Crippen MR) is 103 cm³/mol. The van der Waals surface area contributed by atoms with Crippen molar-refractivity contribution in [1.29, 1.82) is 0 Å². The Balaban J connectivity index is 1.84. The lowest BCUT2D eigenvalue weighted by Crippen LogP contribution is -2.34. The highest BCUT2D eigenvalue weighted by Crippen LogP contribution is 2.43. The zero-order valence-corrected chi connectivity index (χ0v) is 14.9. The predicted octanol–water partition coefficient (Wildman–Crippen LogP) is 3.44. The molecule has 5 nitrogen and oxygen atoms in total. The third kappa shape index (κ3) is 2.35. The van der Waals surface area contributed by atoms with E-state index in [4.69, 9.17) is 4.42 Å². The fourth-order valence-corrected chi connectivity index (χ4v) is 3.58. The van der Waals surface area contributed by atoms with Gasteiger partial charge in [0, 0.05) is 45.3 Å². The summed E-state index contributed by atoms with van der Waals surface area (Å²) in [5, 5.41) is 0.929. The molecule has 128 valence electrons. The van der Waals surface area contributed by atoms with E-state index in [9.17, 15) is 4.79 Å². The number of hydrogen-bond donors (Lipinski definition) is 0. The van der Waals surface area contributed by atoms with Crippen molar-refractivity contribution in [3.63, 3.8) is 0 Å². The second kappa shape index (κ2) is 5.55. The van der Waals surface area contributed by atoms with Crippen LogP contribution in [0.5, 0.6) is 0 Å². The summed E-state index contributed by atoms with van der Waals surface area (Å²) < 4.78 is 5.66. The van der Waals surface area contributed by atoms with E-state index >= 15 is 0 Å². The Morgan fingerprint density at radius 3 is 2.20 bits per heavy atom. The first kappa shape index (κ1) is 15.6. The van der Waals surface area contributed by atoms with Gasteiger partial charge in [-0.15, -0.1) is 0 Å². The number of rotatable bonds is 2. The Labute approximate surface area is 146 Å². The molecular formula is C20H21N3O2. The number of hydrogen-bond acceptors (Lipinski definition) is 5. The summed E-state index contributed by atoms with van der Waals surface area (Å²) in [5.74, 6) is 0. The van der Waals surface area contributed by atoms with Crippen LogP contribution in [0.15, 0.2) is 57.7 Å². The smallest absolute Gasteiger partial charge is 0.343 e. The van der Waals surface area contributed by atoms with Crippen molar-refractivity contribution in [1.82, 2.24) is 0 Å². The van der Waals surface area contributed by atoms with Crippen LogP contribution in [-0.2, 0) is 0 Å². The van der Waals surface area contributed by atoms with Crippen LogP contribution in [-0.4, -0.2) is 28.2 Å². The maximum absolute atomic E-state index is 12.7. The quantitative estimate of drug-likeness (QED) is 0.671. The minimum absolute atomic E-state index is 0.174. The molecule has 1 aliphatic rings. The van der Waals surface area contributed by atoms with E-state index in [-0.39, 0.29) is 11.8 Å². The molecule has 0 amide bonds. The number of fused-ring (bicyclic) bond motifs is 2. The van der Waals surface area contributed by atoms with Crippen molar-refractivity contribution in [2.24, 2.45) is 0 Å². The molecule has 0 N–H and O–H groups in total. The highest BCUT2D eigenvalue weighted by molar-refractivity contribution is 5.82. The molecule has 0 radical (unpaired) electrons. The first-order chi connectivity index (χ1) is 12.0. The van der Waals surface area contributed by atoms with Crippen LogP contribution in [0.3, 0.4) is 0 Å². The first-order valence-corrected chi connectivity index (χ1v) is 8.27. The van der Waals surface area contributed by atoms with Crippen molar-refractivity contribution in [2.45, 2.75) is 6.17 Å². The van der Waals surface area contributed by atoms with Gasteiger partial charge in [0.15, 0.2) is 0 Å². The van der Waals surface area contributed by atoms with E-state index in [1.165, 1.54) is 0 Å². The van der Waals surface area contributed by atoms with Crippen molar-refractivity contribution < 1.29 is 4.42 Å². The van der Waals surface area contributed by atoms with E-state index in [1.807, 2.05) is 69.5 Å². The van der Waals surface area contributed by atoms with Gasteiger partial charge in [0.05, 0.1) is 16.9 Å². The molecule has 0 bridgehead atoms. The lowest BCUT2D eigenvalue weighted by atomic mass is 10.1. The van der Waals surface area contributed by atoms with Crippen LogP contribution in [0.2, 0.25) is 0 Å². The van der Waals surface area contributed by atoms with Gasteiger partial charge < -0.3 is 19.1 Å². The molecular weight excluding hydrogens is 314 g/mol. The lowest BCUT2D eigenvalue weighted by Gasteiger charge is -2.27. The van der Waals surface area contributed by atoms with Crippen LogP contribution in [0.4, 0.5) is 17.1 Å². The van der Waals surface area contributed by atoms with Gasteiger partial charge >= 0.3 is 5.63 Å². The normalized spacial score (nSPS) is 14.2. The molecule has 0 atom stereocenters. The Morgan fingerprint density at radius 2 is 1.60 bits per heavy atom. The molecule has 0 saturated heterocycles. The average molecular weight is 335 g/mol. The lowest BCUT2D eigenvalue weighted by molar-refractivity contribution is 0.533. The first-order valence-electron chi connectivity index (χ1n) is 8.27. The molecule has 4 rings (SSSR count). The Hall–Kier alpha value is -2.95. The van der Waals surface area contributed by atoms with E-state index in [0.29, 0.717) is 11.1 Å².